The van der Waals surface area contributed by atoms with Crippen LogP contribution >= 0.6 is 46.4 Å². The lowest BCUT2D eigenvalue weighted by Crippen LogP contribution is -1.90. The molecule has 0 saturated heterocycles. The van der Waals surface area contributed by atoms with E-state index in [1.54, 1.807) is 6.07 Å². The van der Waals surface area contributed by atoms with Crippen LogP contribution in [0.25, 0.3) is 11.1 Å². The van der Waals surface area contributed by atoms with Gasteiger partial charge in [-0.25, -0.2) is 0 Å². The third-order valence-corrected chi connectivity index (χ3v) is 3.42. The fourth-order valence-corrected chi connectivity index (χ4v) is 2.91. The van der Waals surface area contributed by atoms with Gasteiger partial charge in [-0.1, -0.05) is 46.4 Å². The Morgan fingerprint density at radius 2 is 1.37 bits per heavy atom. The van der Waals surface area contributed by atoms with Crippen molar-refractivity contribution in [1.29, 1.82) is 0 Å². The monoisotopic (exact) mass is 335 g/mol. The molecule has 0 radical (unpaired) electrons. The Morgan fingerprint density at radius 3 is 1.89 bits per heavy atom. The normalized spacial score (nSPS) is 10.5. The lowest BCUT2D eigenvalue weighted by molar-refractivity contribution is -0.384. The van der Waals surface area contributed by atoms with E-state index >= 15 is 0 Å². The summed E-state index contributed by atoms with van der Waals surface area (Å²) in [4.78, 5) is 10.3. The molecule has 2 aromatic carbocycles. The van der Waals surface area contributed by atoms with Crippen LogP contribution in [0.3, 0.4) is 0 Å². The molecule has 0 aliphatic heterocycles. The average molecular weight is 337 g/mol. The van der Waals surface area contributed by atoms with Gasteiger partial charge in [0, 0.05) is 27.7 Å². The van der Waals surface area contributed by atoms with Crippen LogP contribution in [0.1, 0.15) is 0 Å². The van der Waals surface area contributed by atoms with Crippen LogP contribution < -0.4 is 0 Å². The summed E-state index contributed by atoms with van der Waals surface area (Å²) in [5.41, 5.74) is 0.786. The molecule has 7 heteroatoms. The van der Waals surface area contributed by atoms with E-state index in [9.17, 15) is 10.1 Å². The lowest BCUT2D eigenvalue weighted by atomic mass is 10.0. The number of nitro benzene ring substituents is 1. The summed E-state index contributed by atoms with van der Waals surface area (Å²) in [5, 5.41) is 12.0. The van der Waals surface area contributed by atoms with E-state index in [2.05, 4.69) is 0 Å². The molecule has 0 heterocycles. The van der Waals surface area contributed by atoms with Gasteiger partial charge in [-0.2, -0.15) is 0 Å². The molecule has 0 amide bonds. The molecule has 0 aliphatic carbocycles. The highest BCUT2D eigenvalue weighted by atomic mass is 35.5. The summed E-state index contributed by atoms with van der Waals surface area (Å²) >= 11 is 23.8. The standard InChI is InChI=1S/C12H5Cl4NO2/c13-7-1-6(2-9(3-7)17(18)19)12-10(15)4-8(14)5-11(12)16/h1-5H. The molecular weight excluding hydrogens is 332 g/mol. The van der Waals surface area contributed by atoms with Crippen LogP contribution in [0.2, 0.25) is 20.1 Å². The molecule has 19 heavy (non-hydrogen) atoms. The molecule has 0 aliphatic rings. The zero-order chi connectivity index (χ0) is 14.2. The second kappa shape index (κ2) is 5.55. The van der Waals surface area contributed by atoms with Gasteiger partial charge in [0.25, 0.3) is 5.69 Å². The van der Waals surface area contributed by atoms with Crippen molar-refractivity contribution in [2.75, 3.05) is 0 Å². The number of nitro groups is 1. The second-order valence-corrected chi connectivity index (χ2v) is 5.39. The van der Waals surface area contributed by atoms with Crippen molar-refractivity contribution in [2.45, 2.75) is 0 Å². The van der Waals surface area contributed by atoms with E-state index in [0.717, 1.165) is 0 Å². The second-order valence-electron chi connectivity index (χ2n) is 3.70. The highest BCUT2D eigenvalue weighted by Gasteiger charge is 2.15. The highest BCUT2D eigenvalue weighted by Crippen LogP contribution is 2.39. The first-order chi connectivity index (χ1) is 8.88. The Bertz CT molecular complexity index is 650. The van der Waals surface area contributed by atoms with E-state index in [1.807, 2.05) is 0 Å². The van der Waals surface area contributed by atoms with E-state index in [1.165, 1.54) is 24.3 Å². The Morgan fingerprint density at radius 1 is 0.842 bits per heavy atom. The molecule has 2 rings (SSSR count). The summed E-state index contributed by atoms with van der Waals surface area (Å²) in [5.74, 6) is 0. The minimum atomic E-state index is -0.535. The first-order valence-corrected chi connectivity index (χ1v) is 6.49. The number of benzene rings is 2. The minimum Gasteiger partial charge on any atom is -0.258 e. The predicted octanol–water partition coefficient (Wildman–Crippen LogP) is 5.88. The topological polar surface area (TPSA) is 43.1 Å². The lowest BCUT2D eigenvalue weighted by Gasteiger charge is -2.08. The first-order valence-electron chi connectivity index (χ1n) is 4.98. The number of rotatable bonds is 2. The third kappa shape index (κ3) is 3.12. The van der Waals surface area contributed by atoms with Gasteiger partial charge < -0.3 is 0 Å². The Hall–Kier alpha value is -1.000. The van der Waals surface area contributed by atoms with Gasteiger partial charge >= 0.3 is 0 Å². The molecule has 0 atom stereocenters. The number of non-ortho nitro benzene ring substituents is 1. The van der Waals surface area contributed by atoms with Crippen molar-refractivity contribution in [3.05, 3.63) is 60.5 Å². The zero-order valence-corrected chi connectivity index (χ0v) is 12.2. The number of hydrogen-bond acceptors (Lipinski definition) is 2. The maximum Gasteiger partial charge on any atom is 0.271 e. The van der Waals surface area contributed by atoms with Crippen LogP contribution in [0.4, 0.5) is 5.69 Å². The average Bonchev–Trinajstić information content (AvgIpc) is 2.26. The molecule has 0 aromatic heterocycles. The van der Waals surface area contributed by atoms with Crippen molar-refractivity contribution in [1.82, 2.24) is 0 Å². The van der Waals surface area contributed by atoms with Gasteiger partial charge in [0.1, 0.15) is 0 Å². The fraction of sp³-hybridized carbons (Fsp3) is 0. The largest absolute Gasteiger partial charge is 0.271 e. The van der Waals surface area contributed by atoms with Crippen molar-refractivity contribution >= 4 is 52.1 Å². The van der Waals surface area contributed by atoms with Gasteiger partial charge in [-0.3, -0.25) is 10.1 Å². The summed E-state index contributed by atoms with van der Waals surface area (Å²) in [7, 11) is 0. The maximum atomic E-state index is 10.8. The van der Waals surface area contributed by atoms with Crippen molar-refractivity contribution in [3.63, 3.8) is 0 Å². The van der Waals surface area contributed by atoms with Gasteiger partial charge in [-0.15, -0.1) is 0 Å². The van der Waals surface area contributed by atoms with E-state index < -0.39 is 4.92 Å². The first kappa shape index (κ1) is 14.4. The molecule has 2 aromatic rings. The third-order valence-electron chi connectivity index (χ3n) is 2.39. The summed E-state index contributed by atoms with van der Waals surface area (Å²) in [6.45, 7) is 0. The van der Waals surface area contributed by atoms with E-state index in [4.69, 9.17) is 46.4 Å². The number of halogens is 4. The molecule has 3 nitrogen and oxygen atoms in total. The number of nitrogens with zero attached hydrogens (tertiary/aromatic N) is 1. The Balaban J connectivity index is 2.69. The molecule has 0 bridgehead atoms. The summed E-state index contributed by atoms with van der Waals surface area (Å²) < 4.78 is 0. The van der Waals surface area contributed by atoms with Gasteiger partial charge in [-0.05, 0) is 23.8 Å². The maximum absolute atomic E-state index is 10.8. The molecule has 0 fully saturated rings. The van der Waals surface area contributed by atoms with Crippen LogP contribution in [-0.4, -0.2) is 4.92 Å². The van der Waals surface area contributed by atoms with Crippen molar-refractivity contribution in [2.24, 2.45) is 0 Å². The highest BCUT2D eigenvalue weighted by molar-refractivity contribution is 6.42. The van der Waals surface area contributed by atoms with Crippen LogP contribution in [0, 0.1) is 10.1 Å². The molecule has 0 unspecified atom stereocenters. The quantitative estimate of drug-likeness (QED) is 0.508. The van der Waals surface area contributed by atoms with Gasteiger partial charge in [0.2, 0.25) is 0 Å². The zero-order valence-electron chi connectivity index (χ0n) is 9.16. The molecule has 0 N–H and O–H groups in total. The van der Waals surface area contributed by atoms with Crippen LogP contribution in [0.5, 0.6) is 0 Å². The van der Waals surface area contributed by atoms with Crippen molar-refractivity contribution < 1.29 is 4.92 Å². The van der Waals surface area contributed by atoms with E-state index in [0.29, 0.717) is 26.2 Å². The van der Waals surface area contributed by atoms with Crippen LogP contribution in [-0.2, 0) is 0 Å². The summed E-state index contributed by atoms with van der Waals surface area (Å²) in [6, 6.07) is 7.18. The van der Waals surface area contributed by atoms with Gasteiger partial charge in [0.05, 0.1) is 15.0 Å². The SMILES string of the molecule is O=[N+]([O-])c1cc(Cl)cc(-c2c(Cl)cc(Cl)cc2Cl)c1. The minimum absolute atomic E-state index is 0.135. The Kier molecular flexibility index (Phi) is 4.21. The molecule has 0 saturated carbocycles. The fourth-order valence-electron chi connectivity index (χ4n) is 1.64. The number of hydrogen-bond donors (Lipinski definition) is 0. The van der Waals surface area contributed by atoms with Crippen LogP contribution in [0.15, 0.2) is 30.3 Å². The smallest absolute Gasteiger partial charge is 0.258 e. The molecule has 98 valence electrons. The summed E-state index contributed by atoms with van der Waals surface area (Å²) in [6.07, 6.45) is 0. The predicted molar refractivity (Wildman–Crippen MR) is 78.6 cm³/mol. The van der Waals surface area contributed by atoms with Crippen molar-refractivity contribution in [3.8, 4) is 11.1 Å². The van der Waals surface area contributed by atoms with Gasteiger partial charge in [0.15, 0.2) is 0 Å². The molecular formula is C12H5Cl4NO2. The molecule has 0 spiro atoms. The van der Waals surface area contributed by atoms with E-state index in [-0.39, 0.29) is 10.7 Å². The Labute approximate surface area is 128 Å².